The SMILES string of the molecule is CCCNC(CCOCC)Cc1ncnn1C. The molecule has 0 saturated heterocycles. The molecule has 1 aromatic rings. The van der Waals surface area contributed by atoms with Crippen molar-refractivity contribution < 1.29 is 4.74 Å². The Bertz CT molecular complexity index is 300. The number of hydrogen-bond acceptors (Lipinski definition) is 4. The van der Waals surface area contributed by atoms with Gasteiger partial charge in [-0.2, -0.15) is 5.10 Å². The van der Waals surface area contributed by atoms with Crippen LogP contribution in [0.4, 0.5) is 0 Å². The number of rotatable bonds is 9. The highest BCUT2D eigenvalue weighted by Crippen LogP contribution is 2.02. The number of nitrogens with zero attached hydrogens (tertiary/aromatic N) is 3. The normalized spacial score (nSPS) is 12.9. The molecule has 0 aliphatic rings. The van der Waals surface area contributed by atoms with Crippen molar-refractivity contribution in [3.63, 3.8) is 0 Å². The van der Waals surface area contributed by atoms with Gasteiger partial charge in [0.2, 0.25) is 0 Å². The van der Waals surface area contributed by atoms with E-state index in [2.05, 4.69) is 22.3 Å². The van der Waals surface area contributed by atoms with Crippen LogP contribution < -0.4 is 5.32 Å². The summed E-state index contributed by atoms with van der Waals surface area (Å²) in [4.78, 5) is 4.26. The van der Waals surface area contributed by atoms with E-state index >= 15 is 0 Å². The van der Waals surface area contributed by atoms with Crippen molar-refractivity contribution in [2.24, 2.45) is 7.05 Å². The van der Waals surface area contributed by atoms with Gasteiger partial charge in [-0.15, -0.1) is 0 Å². The van der Waals surface area contributed by atoms with Gasteiger partial charge in [0, 0.05) is 32.7 Å². The van der Waals surface area contributed by atoms with Crippen molar-refractivity contribution in [1.29, 1.82) is 0 Å². The highest BCUT2D eigenvalue weighted by molar-refractivity contribution is 4.88. The summed E-state index contributed by atoms with van der Waals surface area (Å²) < 4.78 is 7.25. The molecule has 1 heterocycles. The molecule has 17 heavy (non-hydrogen) atoms. The quantitative estimate of drug-likeness (QED) is 0.658. The Labute approximate surface area is 104 Å². The first-order valence-corrected chi connectivity index (χ1v) is 6.41. The summed E-state index contributed by atoms with van der Waals surface area (Å²) in [6, 6.07) is 0.421. The third-order valence-corrected chi connectivity index (χ3v) is 2.73. The lowest BCUT2D eigenvalue weighted by Crippen LogP contribution is -2.33. The second kappa shape index (κ2) is 8.20. The van der Waals surface area contributed by atoms with Gasteiger partial charge < -0.3 is 10.1 Å². The molecule has 1 unspecified atom stereocenters. The van der Waals surface area contributed by atoms with Crippen LogP contribution in [0.3, 0.4) is 0 Å². The Balaban J connectivity index is 2.42. The zero-order chi connectivity index (χ0) is 12.5. The maximum Gasteiger partial charge on any atom is 0.138 e. The predicted octanol–water partition coefficient (Wildman–Crippen LogP) is 1.15. The van der Waals surface area contributed by atoms with Crippen molar-refractivity contribution in [2.75, 3.05) is 19.8 Å². The third-order valence-electron chi connectivity index (χ3n) is 2.73. The van der Waals surface area contributed by atoms with Crippen LogP contribution in [0.1, 0.15) is 32.5 Å². The van der Waals surface area contributed by atoms with Crippen LogP contribution in [0.15, 0.2) is 6.33 Å². The smallest absolute Gasteiger partial charge is 0.138 e. The fourth-order valence-electron chi connectivity index (χ4n) is 1.72. The summed E-state index contributed by atoms with van der Waals surface area (Å²) in [6.45, 7) is 6.82. The van der Waals surface area contributed by atoms with Gasteiger partial charge in [-0.05, 0) is 26.3 Å². The molecule has 0 aliphatic carbocycles. The second-order valence-corrected chi connectivity index (χ2v) is 4.14. The average Bonchev–Trinajstić information content (AvgIpc) is 2.72. The van der Waals surface area contributed by atoms with E-state index in [1.165, 1.54) is 0 Å². The van der Waals surface area contributed by atoms with Gasteiger partial charge in [-0.25, -0.2) is 4.98 Å². The van der Waals surface area contributed by atoms with Crippen molar-refractivity contribution >= 4 is 0 Å². The standard InChI is InChI=1S/C12H24N4O/c1-4-7-13-11(6-8-17-5-2)9-12-14-10-15-16(12)3/h10-11,13H,4-9H2,1-3H3. The molecule has 98 valence electrons. The molecule has 1 atom stereocenters. The molecule has 1 N–H and O–H groups in total. The van der Waals surface area contributed by atoms with E-state index in [0.717, 1.165) is 44.8 Å². The third kappa shape index (κ3) is 5.28. The Morgan fingerprint density at radius 2 is 2.29 bits per heavy atom. The van der Waals surface area contributed by atoms with Gasteiger partial charge in [-0.3, -0.25) is 4.68 Å². The molecule has 0 saturated carbocycles. The van der Waals surface area contributed by atoms with Crippen LogP contribution in [-0.4, -0.2) is 40.6 Å². The van der Waals surface area contributed by atoms with Crippen LogP contribution in [-0.2, 0) is 18.2 Å². The number of hydrogen-bond donors (Lipinski definition) is 1. The Morgan fingerprint density at radius 1 is 1.47 bits per heavy atom. The lowest BCUT2D eigenvalue weighted by atomic mass is 10.1. The van der Waals surface area contributed by atoms with Crippen molar-refractivity contribution in [2.45, 2.75) is 39.2 Å². The van der Waals surface area contributed by atoms with Gasteiger partial charge in [0.15, 0.2) is 0 Å². The molecule has 0 aromatic carbocycles. The lowest BCUT2D eigenvalue weighted by Gasteiger charge is -2.17. The zero-order valence-corrected chi connectivity index (χ0v) is 11.1. The van der Waals surface area contributed by atoms with E-state index in [1.807, 2.05) is 18.7 Å². The largest absolute Gasteiger partial charge is 0.382 e. The number of ether oxygens (including phenoxy) is 1. The summed E-state index contributed by atoms with van der Waals surface area (Å²) in [5.41, 5.74) is 0. The Kier molecular flexibility index (Phi) is 6.81. The van der Waals surface area contributed by atoms with Gasteiger partial charge in [0.1, 0.15) is 12.2 Å². The van der Waals surface area contributed by atoms with Crippen LogP contribution in [0, 0.1) is 0 Å². The minimum absolute atomic E-state index is 0.421. The van der Waals surface area contributed by atoms with E-state index in [-0.39, 0.29) is 0 Å². The van der Waals surface area contributed by atoms with Gasteiger partial charge in [0.25, 0.3) is 0 Å². The topological polar surface area (TPSA) is 52.0 Å². The monoisotopic (exact) mass is 240 g/mol. The maximum atomic E-state index is 5.41. The lowest BCUT2D eigenvalue weighted by molar-refractivity contribution is 0.136. The van der Waals surface area contributed by atoms with Crippen molar-refractivity contribution in [1.82, 2.24) is 20.1 Å². The average molecular weight is 240 g/mol. The van der Waals surface area contributed by atoms with Gasteiger partial charge >= 0.3 is 0 Å². The van der Waals surface area contributed by atoms with Gasteiger partial charge in [0.05, 0.1) is 0 Å². The van der Waals surface area contributed by atoms with Crippen molar-refractivity contribution in [3.05, 3.63) is 12.2 Å². The molecule has 1 rings (SSSR count). The molecule has 0 radical (unpaired) electrons. The molecule has 0 spiro atoms. The highest BCUT2D eigenvalue weighted by Gasteiger charge is 2.11. The first-order valence-electron chi connectivity index (χ1n) is 6.41. The molecular formula is C12H24N4O. The first kappa shape index (κ1) is 14.1. The molecule has 0 amide bonds. The van der Waals surface area contributed by atoms with Crippen molar-refractivity contribution in [3.8, 4) is 0 Å². The second-order valence-electron chi connectivity index (χ2n) is 4.14. The highest BCUT2D eigenvalue weighted by atomic mass is 16.5. The summed E-state index contributed by atoms with van der Waals surface area (Å²) in [5, 5.41) is 7.63. The molecule has 0 bridgehead atoms. The molecular weight excluding hydrogens is 216 g/mol. The fraction of sp³-hybridized carbons (Fsp3) is 0.833. The minimum atomic E-state index is 0.421. The maximum absolute atomic E-state index is 5.41. The number of nitrogens with one attached hydrogen (secondary N) is 1. The first-order chi connectivity index (χ1) is 8.27. The van der Waals surface area contributed by atoms with Crippen LogP contribution >= 0.6 is 0 Å². The van der Waals surface area contributed by atoms with E-state index in [1.54, 1.807) is 6.33 Å². The molecule has 1 aromatic heterocycles. The fourth-order valence-corrected chi connectivity index (χ4v) is 1.72. The summed E-state index contributed by atoms with van der Waals surface area (Å²) >= 11 is 0. The molecule has 5 nitrogen and oxygen atoms in total. The molecule has 0 aliphatic heterocycles. The minimum Gasteiger partial charge on any atom is -0.382 e. The van der Waals surface area contributed by atoms with E-state index < -0.39 is 0 Å². The van der Waals surface area contributed by atoms with E-state index in [4.69, 9.17) is 4.74 Å². The van der Waals surface area contributed by atoms with Gasteiger partial charge in [-0.1, -0.05) is 6.92 Å². The van der Waals surface area contributed by atoms with Crippen LogP contribution in [0.5, 0.6) is 0 Å². The Hall–Kier alpha value is -0.940. The summed E-state index contributed by atoms with van der Waals surface area (Å²) in [5.74, 6) is 1.02. The zero-order valence-electron chi connectivity index (χ0n) is 11.1. The summed E-state index contributed by atoms with van der Waals surface area (Å²) in [7, 11) is 1.93. The van der Waals surface area contributed by atoms with E-state index in [0.29, 0.717) is 6.04 Å². The molecule has 0 fully saturated rings. The number of aryl methyl sites for hydroxylation is 1. The van der Waals surface area contributed by atoms with Crippen LogP contribution in [0.25, 0.3) is 0 Å². The Morgan fingerprint density at radius 3 is 2.88 bits per heavy atom. The number of aromatic nitrogens is 3. The van der Waals surface area contributed by atoms with Crippen LogP contribution in [0.2, 0.25) is 0 Å². The van der Waals surface area contributed by atoms with E-state index in [9.17, 15) is 0 Å². The predicted molar refractivity (Wildman–Crippen MR) is 67.9 cm³/mol. The molecule has 5 heteroatoms. The summed E-state index contributed by atoms with van der Waals surface area (Å²) in [6.07, 6.45) is 4.67.